The van der Waals surface area contributed by atoms with Gasteiger partial charge in [0, 0.05) is 29.4 Å². The number of hydrogen-bond donors (Lipinski definition) is 2. The highest BCUT2D eigenvalue weighted by molar-refractivity contribution is 9.10. The predicted octanol–water partition coefficient (Wildman–Crippen LogP) is 4.04. The maximum absolute atomic E-state index is 14.5. The van der Waals surface area contributed by atoms with E-state index >= 15 is 0 Å². The number of aliphatic carboxylic acids is 1. The molecule has 2 aromatic heterocycles. The number of carbonyl (C=O) groups excluding carboxylic acids is 1. The van der Waals surface area contributed by atoms with E-state index < -0.39 is 23.8 Å². The fraction of sp³-hybridized carbons (Fsp3) is 0.320. The van der Waals surface area contributed by atoms with Crippen LogP contribution >= 0.6 is 27.3 Å². The van der Waals surface area contributed by atoms with Crippen LogP contribution in [0.25, 0.3) is 0 Å². The molecule has 37 heavy (non-hydrogen) atoms. The number of ether oxygens (including phenoxy) is 1. The normalized spacial score (nSPS) is 19.2. The summed E-state index contributed by atoms with van der Waals surface area (Å²) in [6.45, 7) is 0.290. The maximum Gasteiger partial charge on any atom is 0.338 e. The van der Waals surface area contributed by atoms with Crippen LogP contribution < -0.4 is 5.32 Å². The Balaban J connectivity index is 1.58. The molecule has 2 aliphatic rings. The first-order valence-corrected chi connectivity index (χ1v) is 13.3. The number of aliphatic imine (C=N–C) groups is 1. The van der Waals surface area contributed by atoms with Crippen molar-refractivity contribution in [2.75, 3.05) is 7.11 Å². The molecule has 2 atom stereocenters. The molecule has 0 radical (unpaired) electrons. The van der Waals surface area contributed by atoms with E-state index in [1.54, 1.807) is 23.0 Å². The summed E-state index contributed by atoms with van der Waals surface area (Å²) in [5.41, 5.74) is 3.42. The molecule has 0 spiro atoms. The number of methoxy groups -OCH3 is 1. The van der Waals surface area contributed by atoms with Crippen molar-refractivity contribution in [2.45, 2.75) is 38.3 Å². The second kappa shape index (κ2) is 10.5. The van der Waals surface area contributed by atoms with Crippen LogP contribution in [0, 0.1) is 11.7 Å². The Morgan fingerprint density at radius 3 is 2.95 bits per heavy atom. The van der Waals surface area contributed by atoms with Crippen LogP contribution in [0.1, 0.15) is 40.7 Å². The second-order valence-corrected chi connectivity index (χ2v) is 10.4. The predicted molar refractivity (Wildman–Crippen MR) is 138 cm³/mol. The quantitative estimate of drug-likeness (QED) is 0.400. The third kappa shape index (κ3) is 5.08. The molecule has 0 saturated carbocycles. The highest BCUT2D eigenvalue weighted by atomic mass is 79.9. The summed E-state index contributed by atoms with van der Waals surface area (Å²) in [4.78, 5) is 33.4. The molecule has 5 rings (SSSR count). The molecule has 2 N–H and O–H groups in total. The van der Waals surface area contributed by atoms with Gasteiger partial charge >= 0.3 is 11.9 Å². The van der Waals surface area contributed by atoms with Crippen molar-refractivity contribution in [3.05, 3.63) is 79.4 Å². The Hall–Kier alpha value is -3.38. The number of fused-ring (bicyclic) bond motifs is 1. The highest BCUT2D eigenvalue weighted by Gasteiger charge is 2.38. The second-order valence-electron chi connectivity index (χ2n) is 8.75. The van der Waals surface area contributed by atoms with Gasteiger partial charge in [-0.2, -0.15) is 5.10 Å². The first kappa shape index (κ1) is 25.3. The number of esters is 1. The summed E-state index contributed by atoms with van der Waals surface area (Å²) >= 11 is 4.75. The van der Waals surface area contributed by atoms with Gasteiger partial charge in [-0.05, 0) is 52.4 Å². The number of nitrogens with one attached hydrogen (secondary N) is 1. The summed E-state index contributed by atoms with van der Waals surface area (Å²) in [6, 6.07) is 3.85. The van der Waals surface area contributed by atoms with Crippen LogP contribution in [0.4, 0.5) is 4.39 Å². The van der Waals surface area contributed by atoms with E-state index in [1.807, 2.05) is 11.6 Å². The van der Waals surface area contributed by atoms with Crippen molar-refractivity contribution in [1.82, 2.24) is 20.1 Å². The number of carboxylic acid groups (broad SMARTS) is 1. The molecule has 9 nitrogen and oxygen atoms in total. The number of hydrogen-bond acceptors (Lipinski definition) is 8. The lowest BCUT2D eigenvalue weighted by atomic mass is 9.81. The zero-order valence-corrected chi connectivity index (χ0v) is 22.2. The summed E-state index contributed by atoms with van der Waals surface area (Å²) in [5, 5.41) is 19.4. The van der Waals surface area contributed by atoms with Gasteiger partial charge in [-0.15, -0.1) is 11.3 Å². The van der Waals surface area contributed by atoms with Crippen molar-refractivity contribution in [3.8, 4) is 0 Å². The van der Waals surface area contributed by atoms with E-state index in [4.69, 9.17) is 14.8 Å². The molecule has 0 fully saturated rings. The van der Waals surface area contributed by atoms with Crippen molar-refractivity contribution in [2.24, 2.45) is 10.9 Å². The van der Waals surface area contributed by atoms with Crippen LogP contribution in [0.15, 0.2) is 56.7 Å². The number of aromatic nitrogens is 3. The van der Waals surface area contributed by atoms with Gasteiger partial charge < -0.3 is 15.2 Å². The van der Waals surface area contributed by atoms with Gasteiger partial charge in [0.1, 0.15) is 11.9 Å². The van der Waals surface area contributed by atoms with Crippen LogP contribution in [-0.4, -0.2) is 44.8 Å². The molecule has 192 valence electrons. The van der Waals surface area contributed by atoms with Gasteiger partial charge in [0.15, 0.2) is 10.8 Å². The Kier molecular flexibility index (Phi) is 7.20. The molecule has 3 heterocycles. The van der Waals surface area contributed by atoms with Gasteiger partial charge in [-0.1, -0.05) is 12.1 Å². The highest BCUT2D eigenvalue weighted by Crippen LogP contribution is 2.41. The van der Waals surface area contributed by atoms with Gasteiger partial charge in [0.2, 0.25) is 0 Å². The first-order valence-electron chi connectivity index (χ1n) is 11.6. The van der Waals surface area contributed by atoms with Gasteiger partial charge in [-0.3, -0.25) is 14.5 Å². The molecule has 12 heteroatoms. The minimum absolute atomic E-state index is 0.0129. The Morgan fingerprint density at radius 2 is 2.22 bits per heavy atom. The monoisotopic (exact) mass is 587 g/mol. The summed E-state index contributed by atoms with van der Waals surface area (Å²) in [6.07, 6.45) is 5.50. The lowest BCUT2D eigenvalue weighted by Gasteiger charge is -2.33. The number of amidine groups is 1. The van der Waals surface area contributed by atoms with Crippen molar-refractivity contribution in [3.63, 3.8) is 0 Å². The van der Waals surface area contributed by atoms with Gasteiger partial charge in [0.05, 0.1) is 35.8 Å². The number of thiazole rings is 1. The number of carboxylic acids is 1. The van der Waals surface area contributed by atoms with Crippen LogP contribution in [-0.2, 0) is 33.7 Å². The van der Waals surface area contributed by atoms with Crippen LogP contribution in [0.2, 0.25) is 0 Å². The van der Waals surface area contributed by atoms with E-state index in [9.17, 15) is 14.0 Å². The molecule has 1 aliphatic heterocycles. The molecule has 1 aliphatic carbocycles. The molecule has 0 bridgehead atoms. The molecule has 0 amide bonds. The minimum Gasteiger partial charge on any atom is -0.481 e. The van der Waals surface area contributed by atoms with Crippen molar-refractivity contribution >= 4 is 45.0 Å². The topological polar surface area (TPSA) is 119 Å². The molecular formula is C25H23BrFN5O4S. The van der Waals surface area contributed by atoms with E-state index in [0.717, 1.165) is 11.3 Å². The lowest BCUT2D eigenvalue weighted by Crippen LogP contribution is -2.38. The third-order valence-corrected chi connectivity index (χ3v) is 8.09. The summed E-state index contributed by atoms with van der Waals surface area (Å²) in [7, 11) is 1.32. The smallest absolute Gasteiger partial charge is 0.338 e. The molecule has 1 aromatic carbocycles. The minimum atomic E-state index is -0.880. The maximum atomic E-state index is 14.5. The van der Waals surface area contributed by atoms with Gasteiger partial charge in [-0.25, -0.2) is 14.2 Å². The Morgan fingerprint density at radius 1 is 1.38 bits per heavy atom. The molecule has 2 unspecified atom stereocenters. The lowest BCUT2D eigenvalue weighted by molar-refractivity contribution is -0.138. The van der Waals surface area contributed by atoms with Gasteiger partial charge in [0.25, 0.3) is 0 Å². The summed E-state index contributed by atoms with van der Waals surface area (Å²) < 4.78 is 21.6. The number of aryl methyl sites for hydroxylation is 2. The summed E-state index contributed by atoms with van der Waals surface area (Å²) in [5.74, 6) is -1.48. The molecular weight excluding hydrogens is 565 g/mol. The molecule has 0 saturated heterocycles. The van der Waals surface area contributed by atoms with E-state index in [0.29, 0.717) is 46.9 Å². The first-order chi connectivity index (χ1) is 17.9. The number of nitrogens with zero attached hydrogens (tertiary/aromatic N) is 4. The van der Waals surface area contributed by atoms with E-state index in [2.05, 4.69) is 31.3 Å². The van der Waals surface area contributed by atoms with Crippen molar-refractivity contribution < 1.29 is 23.8 Å². The number of carbonyl (C=O) groups is 2. The Labute approximate surface area is 224 Å². The SMILES string of the molecule is COC(=O)C1=C(C2CCc3nn(CCC(=O)O)cc3C2)NC(c2nccs2)=NC1c1cccc(F)c1Br. The number of benzene rings is 1. The third-order valence-electron chi connectivity index (χ3n) is 6.47. The largest absolute Gasteiger partial charge is 0.481 e. The fourth-order valence-electron chi connectivity index (χ4n) is 4.76. The number of rotatable bonds is 7. The van der Waals surface area contributed by atoms with Crippen LogP contribution in [0.3, 0.4) is 0 Å². The zero-order chi connectivity index (χ0) is 26.1. The van der Waals surface area contributed by atoms with E-state index in [1.165, 1.54) is 24.5 Å². The zero-order valence-electron chi connectivity index (χ0n) is 19.8. The number of halogens is 2. The van der Waals surface area contributed by atoms with Crippen molar-refractivity contribution in [1.29, 1.82) is 0 Å². The molecule has 3 aromatic rings. The average Bonchev–Trinajstić information content (AvgIpc) is 3.57. The standard InChI is InChI=1S/C25H23BrFN5O4S/c1-36-25(35)19-21(13-5-6-17-14(11-13)12-32(31-17)9-7-18(33)34)29-23(24-28-8-10-37-24)30-22(19)15-3-2-4-16(27)20(15)26/h2-4,8,10,12-13,22H,5-7,9,11H2,1H3,(H,29,30)(H,33,34). The Bertz CT molecular complexity index is 1420. The number of allylic oxidation sites excluding steroid dienone is 1. The van der Waals surface area contributed by atoms with E-state index in [-0.39, 0.29) is 23.4 Å². The van der Waals surface area contributed by atoms with Crippen LogP contribution in [0.5, 0.6) is 0 Å². The fourth-order valence-corrected chi connectivity index (χ4v) is 5.83. The average molecular weight is 588 g/mol.